The zero-order chi connectivity index (χ0) is 5.70. The van der Waals surface area contributed by atoms with Crippen LogP contribution >= 0.6 is 0 Å². The third-order valence-electron chi connectivity index (χ3n) is 0.175. The van der Waals surface area contributed by atoms with Crippen molar-refractivity contribution in [3.05, 3.63) is 10.1 Å². The van der Waals surface area contributed by atoms with Crippen LogP contribution in [-0.2, 0) is 9.73 Å². The van der Waals surface area contributed by atoms with E-state index >= 15 is 0 Å². The summed E-state index contributed by atoms with van der Waals surface area (Å²) in [5, 5.41) is 7.99. The molecule has 7 heteroatoms. The first-order valence-corrected chi connectivity index (χ1v) is 1.28. The maximum absolute atomic E-state index is 9.17. The number of amides is 1. The quantitative estimate of drug-likeness (QED) is 0.281. The normalized spacial score (nSPS) is 6.00. The van der Waals surface area contributed by atoms with Crippen LogP contribution in [0, 0.1) is 10.1 Å². The van der Waals surface area contributed by atoms with Crippen molar-refractivity contribution in [1.29, 1.82) is 0 Å². The molecule has 2 radical (unpaired) electrons. The molecule has 0 atom stereocenters. The summed E-state index contributed by atoms with van der Waals surface area (Å²) in [5.74, 6) is 0. The number of carbonyl (C=O) groups excluding carboxylic acids is 1. The summed E-state index contributed by atoms with van der Waals surface area (Å²) in [6.07, 6.45) is 0.0583. The molecule has 1 amide bonds. The van der Waals surface area contributed by atoms with Crippen LogP contribution in [0.3, 0.4) is 0 Å². The standard InChI is InChI=1S/CH2N2O4.Pb.2H/c4-1-2-7-3(5)6;;;/h1H,(H,2,4);;;. The van der Waals surface area contributed by atoms with Crippen molar-refractivity contribution in [1.82, 2.24) is 5.48 Å². The Labute approximate surface area is 64.4 Å². The summed E-state index contributed by atoms with van der Waals surface area (Å²) in [5.41, 5.74) is 1.37. The fourth-order valence-electron chi connectivity index (χ4n) is 0.0645. The van der Waals surface area contributed by atoms with Gasteiger partial charge in [0.25, 0.3) is 0 Å². The van der Waals surface area contributed by atoms with Crippen LogP contribution in [0.25, 0.3) is 0 Å². The average Bonchev–Trinajstić information content (AvgIpc) is 1.61. The van der Waals surface area contributed by atoms with Gasteiger partial charge in [0.05, 0.1) is 0 Å². The van der Waals surface area contributed by atoms with E-state index in [1.54, 1.807) is 0 Å². The number of carbonyl (C=O) groups is 1. The van der Waals surface area contributed by atoms with Gasteiger partial charge >= 0.3 is 32.4 Å². The molecule has 0 saturated carbocycles. The molecule has 8 heavy (non-hydrogen) atoms. The summed E-state index contributed by atoms with van der Waals surface area (Å²) < 4.78 is 0. The average molecular weight is 315 g/mol. The Morgan fingerprint density at radius 2 is 2.25 bits per heavy atom. The number of nitrogens with zero attached hydrogens (tertiary/aromatic N) is 1. The molecule has 6 nitrogen and oxygen atoms in total. The molecule has 0 bridgehead atoms. The van der Waals surface area contributed by atoms with Crippen molar-refractivity contribution in [2.45, 2.75) is 0 Å². The number of nitrogens with one attached hydrogen (secondary N) is 1. The van der Waals surface area contributed by atoms with Gasteiger partial charge in [-0.2, -0.15) is 10.4 Å². The van der Waals surface area contributed by atoms with E-state index in [-0.39, 0.29) is 33.7 Å². The van der Waals surface area contributed by atoms with Gasteiger partial charge in [-0.3, -0.25) is 4.79 Å². The Hall–Kier alpha value is -0.408. The molecule has 0 saturated heterocycles. The Morgan fingerprint density at radius 3 is 2.38 bits per heavy atom. The van der Waals surface area contributed by atoms with Gasteiger partial charge in [0.1, 0.15) is 0 Å². The molecule has 0 aromatic rings. The molecule has 46 valence electrons. The number of hydrogen-bond donors (Lipinski definition) is 1. The first-order chi connectivity index (χ1) is 3.27. The van der Waals surface area contributed by atoms with Crippen LogP contribution < -0.4 is 5.48 Å². The molecule has 0 spiro atoms. The van der Waals surface area contributed by atoms with Gasteiger partial charge < -0.3 is 0 Å². The zero-order valence-corrected chi connectivity index (χ0v) is 9.36. The predicted molar refractivity (Wildman–Crippen MR) is 25.8 cm³/mol. The van der Waals surface area contributed by atoms with Gasteiger partial charge in [0.15, 0.2) is 0 Å². The Bertz CT molecular complexity index is 84.1. The Balaban J connectivity index is 0. The van der Waals surface area contributed by atoms with Crippen molar-refractivity contribution in [2.75, 3.05) is 0 Å². The van der Waals surface area contributed by atoms with Crippen molar-refractivity contribution >= 4 is 33.7 Å². The van der Waals surface area contributed by atoms with Crippen LogP contribution in [0.1, 0.15) is 0 Å². The Morgan fingerprint density at radius 1 is 1.75 bits per heavy atom. The first kappa shape index (κ1) is 10.6. The second-order valence-corrected chi connectivity index (χ2v) is 0.551. The molecule has 1 N–H and O–H groups in total. The SMILES string of the molecule is O=CNO[N+](=O)[O-].[PbH2]. The molecule has 0 fully saturated rings. The molecule has 0 aromatic carbocycles. The minimum atomic E-state index is -1.13. The fourth-order valence-corrected chi connectivity index (χ4v) is 0.0645. The van der Waals surface area contributed by atoms with Crippen molar-refractivity contribution in [3.8, 4) is 0 Å². The first-order valence-electron chi connectivity index (χ1n) is 1.28. The Kier molecular flexibility index (Phi) is 8.69. The van der Waals surface area contributed by atoms with Crippen molar-refractivity contribution < 1.29 is 14.8 Å². The van der Waals surface area contributed by atoms with E-state index in [0.29, 0.717) is 0 Å². The van der Waals surface area contributed by atoms with Crippen LogP contribution in [0.15, 0.2) is 0 Å². The van der Waals surface area contributed by atoms with Gasteiger partial charge in [-0.1, -0.05) is 0 Å². The third-order valence-corrected chi connectivity index (χ3v) is 0.175. The number of rotatable bonds is 3. The molecule has 0 aliphatic carbocycles. The second-order valence-electron chi connectivity index (χ2n) is 0.551. The fraction of sp³-hybridized carbons (Fsp3) is 0. The molecule has 0 heterocycles. The van der Waals surface area contributed by atoms with Gasteiger partial charge in [0.2, 0.25) is 6.41 Å². The van der Waals surface area contributed by atoms with E-state index in [4.69, 9.17) is 14.9 Å². The molecule has 0 aliphatic rings. The van der Waals surface area contributed by atoms with Gasteiger partial charge in [-0.05, 0) is 0 Å². The van der Waals surface area contributed by atoms with Crippen LogP contribution in [-0.4, -0.2) is 38.8 Å². The van der Waals surface area contributed by atoms with E-state index in [1.165, 1.54) is 5.48 Å². The monoisotopic (exact) mass is 316 g/mol. The van der Waals surface area contributed by atoms with Crippen LogP contribution in [0.5, 0.6) is 0 Å². The molecule has 0 unspecified atom stereocenters. The predicted octanol–water partition coefficient (Wildman–Crippen LogP) is -2.06. The second kappa shape index (κ2) is 6.59. The number of hydrogen-bond acceptors (Lipinski definition) is 4. The van der Waals surface area contributed by atoms with E-state index in [9.17, 15) is 0 Å². The maximum atomic E-state index is 9.17. The summed E-state index contributed by atoms with van der Waals surface area (Å²) in [7, 11) is 0. The topological polar surface area (TPSA) is 81.5 Å². The molecule has 0 aromatic heterocycles. The minimum absolute atomic E-state index is 0. The molecular weight excluding hydrogens is 311 g/mol. The summed E-state index contributed by atoms with van der Waals surface area (Å²) in [6, 6.07) is 0. The summed E-state index contributed by atoms with van der Waals surface area (Å²) in [4.78, 5) is 21.6. The van der Waals surface area contributed by atoms with E-state index in [0.717, 1.165) is 0 Å². The van der Waals surface area contributed by atoms with E-state index in [1.807, 2.05) is 0 Å². The molecule has 0 aliphatic heterocycles. The third kappa shape index (κ3) is 9.14. The summed E-state index contributed by atoms with van der Waals surface area (Å²) in [6.45, 7) is 0. The van der Waals surface area contributed by atoms with Crippen molar-refractivity contribution in [2.24, 2.45) is 0 Å². The van der Waals surface area contributed by atoms with Crippen molar-refractivity contribution in [3.63, 3.8) is 0 Å². The zero-order valence-electron chi connectivity index (χ0n) is 3.86. The van der Waals surface area contributed by atoms with E-state index in [2.05, 4.69) is 4.94 Å². The van der Waals surface area contributed by atoms with Crippen LogP contribution in [0.4, 0.5) is 0 Å². The van der Waals surface area contributed by atoms with Crippen LogP contribution in [0.2, 0.25) is 0 Å². The van der Waals surface area contributed by atoms with E-state index < -0.39 is 5.09 Å². The van der Waals surface area contributed by atoms with Gasteiger partial charge in [-0.15, -0.1) is 10.1 Å². The summed E-state index contributed by atoms with van der Waals surface area (Å²) >= 11 is 0. The molecule has 0 rings (SSSR count). The van der Waals surface area contributed by atoms with Gasteiger partial charge in [0, 0.05) is 0 Å². The molecular formula is CH4N2O4Pb. The number of hydroxylamine groups is 1. The van der Waals surface area contributed by atoms with Gasteiger partial charge in [-0.25, -0.2) is 0 Å².